The molecule has 1 amide bonds. The number of amides is 1. The number of carbonyl (C=O) groups excluding carboxylic acids is 1. The van der Waals surface area contributed by atoms with Gasteiger partial charge >= 0.3 is 0 Å². The van der Waals surface area contributed by atoms with Gasteiger partial charge in [-0.15, -0.1) is 0 Å². The van der Waals surface area contributed by atoms with Crippen LogP contribution in [0.2, 0.25) is 0 Å². The molecule has 1 saturated heterocycles. The molecule has 3 rings (SSSR count). The zero-order chi connectivity index (χ0) is 19.8. The lowest BCUT2D eigenvalue weighted by Gasteiger charge is -2.33. The van der Waals surface area contributed by atoms with Crippen molar-refractivity contribution in [2.75, 3.05) is 33.9 Å². The maximum Gasteiger partial charge on any atom is 0.244 e. The third-order valence-corrected chi connectivity index (χ3v) is 5.01. The zero-order valence-corrected chi connectivity index (χ0v) is 16.5. The van der Waals surface area contributed by atoms with E-state index in [0.29, 0.717) is 18.0 Å². The summed E-state index contributed by atoms with van der Waals surface area (Å²) in [7, 11) is 3.19. The van der Waals surface area contributed by atoms with Crippen molar-refractivity contribution in [3.8, 4) is 11.5 Å². The molecule has 150 valence electrons. The number of nitrogens with zero attached hydrogens (tertiary/aromatic N) is 1. The number of nitrogens with one attached hydrogen (secondary N) is 1. The zero-order valence-electron chi connectivity index (χ0n) is 16.5. The number of benzene rings is 1. The molecule has 0 radical (unpaired) electrons. The lowest BCUT2D eigenvalue weighted by Crippen LogP contribution is -2.40. The predicted molar refractivity (Wildman–Crippen MR) is 108 cm³/mol. The quantitative estimate of drug-likeness (QED) is 0.704. The molecular weight excluding hydrogens is 356 g/mol. The molecule has 1 fully saturated rings. The van der Waals surface area contributed by atoms with E-state index in [2.05, 4.69) is 10.2 Å². The summed E-state index contributed by atoms with van der Waals surface area (Å²) in [5.41, 5.74) is 0.867. The number of methoxy groups -OCH3 is 2. The summed E-state index contributed by atoms with van der Waals surface area (Å²) in [6, 6.07) is 9.47. The summed E-state index contributed by atoms with van der Waals surface area (Å²) >= 11 is 0. The van der Waals surface area contributed by atoms with E-state index in [0.717, 1.165) is 24.4 Å². The molecule has 1 aromatic heterocycles. The summed E-state index contributed by atoms with van der Waals surface area (Å²) < 4.78 is 16.1. The van der Waals surface area contributed by atoms with Crippen LogP contribution in [0, 0.1) is 0 Å². The summed E-state index contributed by atoms with van der Waals surface area (Å²) in [6.45, 7) is 2.58. The summed E-state index contributed by atoms with van der Waals surface area (Å²) in [5, 5.41) is 3.01. The van der Waals surface area contributed by atoms with E-state index >= 15 is 0 Å². The second-order valence-electron chi connectivity index (χ2n) is 6.82. The van der Waals surface area contributed by atoms with Gasteiger partial charge in [-0.1, -0.05) is 12.5 Å². The van der Waals surface area contributed by atoms with Crippen LogP contribution in [0.1, 0.15) is 36.6 Å². The average Bonchev–Trinajstić information content (AvgIpc) is 3.27. The van der Waals surface area contributed by atoms with Gasteiger partial charge in [0.15, 0.2) is 11.5 Å². The maximum atomic E-state index is 12.3. The normalized spacial score (nSPS) is 16.1. The second-order valence-corrected chi connectivity index (χ2v) is 6.82. The van der Waals surface area contributed by atoms with Crippen molar-refractivity contribution in [3.63, 3.8) is 0 Å². The van der Waals surface area contributed by atoms with Crippen LogP contribution in [0.4, 0.5) is 0 Å². The SMILES string of the molecule is COc1ccc(/C=C/C(=O)NCC(c2ccco2)N2CCCCC2)cc1OC. The van der Waals surface area contributed by atoms with Gasteiger partial charge < -0.3 is 19.2 Å². The Morgan fingerprint density at radius 3 is 2.64 bits per heavy atom. The highest BCUT2D eigenvalue weighted by molar-refractivity contribution is 5.91. The molecule has 2 aromatic rings. The van der Waals surface area contributed by atoms with E-state index in [1.807, 2.05) is 30.3 Å². The van der Waals surface area contributed by atoms with Crippen LogP contribution < -0.4 is 14.8 Å². The number of rotatable bonds is 8. The molecule has 0 bridgehead atoms. The van der Waals surface area contributed by atoms with E-state index in [1.54, 1.807) is 26.6 Å². The summed E-state index contributed by atoms with van der Waals surface area (Å²) in [4.78, 5) is 14.7. The van der Waals surface area contributed by atoms with Crippen molar-refractivity contribution >= 4 is 12.0 Å². The first-order chi connectivity index (χ1) is 13.7. The number of furan rings is 1. The molecule has 28 heavy (non-hydrogen) atoms. The lowest BCUT2D eigenvalue weighted by atomic mass is 10.1. The van der Waals surface area contributed by atoms with Gasteiger partial charge in [-0.2, -0.15) is 0 Å². The van der Waals surface area contributed by atoms with Gasteiger partial charge in [0.1, 0.15) is 5.76 Å². The molecule has 6 heteroatoms. The fourth-order valence-electron chi connectivity index (χ4n) is 3.51. The Bertz CT molecular complexity index is 780. The fourth-order valence-corrected chi connectivity index (χ4v) is 3.51. The largest absolute Gasteiger partial charge is 0.493 e. The first-order valence-electron chi connectivity index (χ1n) is 9.66. The van der Waals surface area contributed by atoms with Gasteiger partial charge in [-0.3, -0.25) is 9.69 Å². The smallest absolute Gasteiger partial charge is 0.244 e. The van der Waals surface area contributed by atoms with Crippen LogP contribution in [0.25, 0.3) is 6.08 Å². The van der Waals surface area contributed by atoms with Crippen molar-refractivity contribution in [2.24, 2.45) is 0 Å². The highest BCUT2D eigenvalue weighted by Gasteiger charge is 2.24. The van der Waals surface area contributed by atoms with Crippen molar-refractivity contribution < 1.29 is 18.7 Å². The number of hydrogen-bond donors (Lipinski definition) is 1. The summed E-state index contributed by atoms with van der Waals surface area (Å²) in [6.07, 6.45) is 8.62. The van der Waals surface area contributed by atoms with Crippen LogP contribution in [-0.2, 0) is 4.79 Å². The Hall–Kier alpha value is -2.73. The third-order valence-electron chi connectivity index (χ3n) is 5.01. The molecule has 1 aromatic carbocycles. The highest BCUT2D eigenvalue weighted by Crippen LogP contribution is 2.28. The van der Waals surface area contributed by atoms with E-state index in [9.17, 15) is 4.79 Å². The minimum absolute atomic E-state index is 0.0636. The Kier molecular flexibility index (Phi) is 7.14. The third kappa shape index (κ3) is 5.16. The van der Waals surface area contributed by atoms with E-state index in [-0.39, 0.29) is 11.9 Å². The number of hydrogen-bond acceptors (Lipinski definition) is 5. The van der Waals surface area contributed by atoms with Crippen LogP contribution in [-0.4, -0.2) is 44.7 Å². The van der Waals surface area contributed by atoms with Gasteiger partial charge in [0.05, 0.1) is 26.5 Å². The topological polar surface area (TPSA) is 63.9 Å². The van der Waals surface area contributed by atoms with E-state index in [1.165, 1.54) is 25.3 Å². The Labute approximate surface area is 166 Å². The number of ether oxygens (including phenoxy) is 2. The first-order valence-corrected chi connectivity index (χ1v) is 9.66. The minimum Gasteiger partial charge on any atom is -0.493 e. The molecule has 1 aliphatic rings. The molecule has 0 spiro atoms. The van der Waals surface area contributed by atoms with E-state index in [4.69, 9.17) is 13.9 Å². The second kappa shape index (κ2) is 9.99. The number of piperidine rings is 1. The van der Waals surface area contributed by atoms with Gasteiger partial charge in [-0.25, -0.2) is 0 Å². The monoisotopic (exact) mass is 384 g/mol. The first kappa shape index (κ1) is 20.0. The van der Waals surface area contributed by atoms with Crippen LogP contribution in [0.5, 0.6) is 11.5 Å². The molecule has 1 aliphatic heterocycles. The van der Waals surface area contributed by atoms with Crippen molar-refractivity contribution in [1.82, 2.24) is 10.2 Å². The van der Waals surface area contributed by atoms with Gasteiger partial charge in [0.2, 0.25) is 5.91 Å². The van der Waals surface area contributed by atoms with Gasteiger partial charge in [0.25, 0.3) is 0 Å². The predicted octanol–water partition coefficient (Wildman–Crippen LogP) is 3.65. The molecule has 1 atom stereocenters. The average molecular weight is 384 g/mol. The number of likely N-dealkylation sites (tertiary alicyclic amines) is 1. The van der Waals surface area contributed by atoms with Crippen molar-refractivity contribution in [2.45, 2.75) is 25.3 Å². The molecule has 2 heterocycles. The maximum absolute atomic E-state index is 12.3. The number of carbonyl (C=O) groups is 1. The van der Waals surface area contributed by atoms with Crippen LogP contribution >= 0.6 is 0 Å². The molecular formula is C22H28N2O4. The van der Waals surface area contributed by atoms with Crippen LogP contribution in [0.3, 0.4) is 0 Å². The molecule has 0 saturated carbocycles. The molecule has 0 aliphatic carbocycles. The van der Waals surface area contributed by atoms with Crippen LogP contribution in [0.15, 0.2) is 47.1 Å². The van der Waals surface area contributed by atoms with Gasteiger partial charge in [-0.05, 0) is 61.8 Å². The fraction of sp³-hybridized carbons (Fsp3) is 0.409. The van der Waals surface area contributed by atoms with E-state index < -0.39 is 0 Å². The Morgan fingerprint density at radius 1 is 1.18 bits per heavy atom. The Morgan fingerprint density at radius 2 is 1.96 bits per heavy atom. The van der Waals surface area contributed by atoms with Crippen molar-refractivity contribution in [3.05, 3.63) is 54.0 Å². The minimum atomic E-state index is -0.136. The summed E-state index contributed by atoms with van der Waals surface area (Å²) in [5.74, 6) is 2.05. The standard InChI is InChI=1S/C22H28N2O4/c1-26-20-10-8-17(15-21(20)27-2)9-11-22(25)23-16-18(19-7-6-14-28-19)24-12-4-3-5-13-24/h6-11,14-15,18H,3-5,12-13,16H2,1-2H3,(H,23,25)/b11-9+. The highest BCUT2D eigenvalue weighted by atomic mass is 16.5. The lowest BCUT2D eigenvalue weighted by molar-refractivity contribution is -0.116. The molecule has 1 N–H and O–H groups in total. The van der Waals surface area contributed by atoms with Gasteiger partial charge in [0, 0.05) is 12.6 Å². The Balaban J connectivity index is 1.60. The van der Waals surface area contributed by atoms with Crippen molar-refractivity contribution in [1.29, 1.82) is 0 Å². The molecule has 6 nitrogen and oxygen atoms in total. The molecule has 1 unspecified atom stereocenters.